The van der Waals surface area contributed by atoms with Gasteiger partial charge in [-0.25, -0.2) is 4.98 Å². The Hall–Kier alpha value is -3.17. The van der Waals surface area contributed by atoms with Crippen molar-refractivity contribution in [1.29, 1.82) is 5.26 Å². The zero-order valence-corrected chi connectivity index (χ0v) is 15.6. The number of benzene rings is 2. The maximum absolute atomic E-state index is 12.3. The summed E-state index contributed by atoms with van der Waals surface area (Å²) in [6.45, 7) is 2.49. The molecule has 0 spiro atoms. The smallest absolute Gasteiger partial charge is 0.225 e. The Morgan fingerprint density at radius 1 is 1.25 bits per heavy atom. The van der Waals surface area contributed by atoms with Crippen LogP contribution in [0.3, 0.4) is 0 Å². The second kappa shape index (κ2) is 8.24. The Kier molecular flexibility index (Phi) is 5.36. The number of likely N-dealkylation sites (tertiary alicyclic amines) is 1. The molecule has 1 N–H and O–H groups in total. The van der Waals surface area contributed by atoms with Gasteiger partial charge in [-0.3, -0.25) is 4.79 Å². The fraction of sp³-hybridized carbons (Fsp3) is 0.318. The quantitative estimate of drug-likeness (QED) is 0.732. The highest BCUT2D eigenvalue weighted by atomic mass is 16.3. The fourth-order valence-corrected chi connectivity index (χ4v) is 3.69. The Balaban J connectivity index is 1.34. The monoisotopic (exact) mass is 374 g/mol. The highest BCUT2D eigenvalue weighted by molar-refractivity contribution is 5.92. The van der Waals surface area contributed by atoms with Crippen LogP contribution in [-0.4, -0.2) is 35.4 Å². The summed E-state index contributed by atoms with van der Waals surface area (Å²) < 4.78 is 5.94. The molecule has 142 valence electrons. The lowest BCUT2D eigenvalue weighted by Crippen LogP contribution is -2.36. The summed E-state index contributed by atoms with van der Waals surface area (Å²) in [5.41, 5.74) is 2.76. The minimum Gasteiger partial charge on any atom is -0.440 e. The maximum atomic E-state index is 12.3. The second-order valence-electron chi connectivity index (χ2n) is 7.12. The first kappa shape index (κ1) is 18.2. The summed E-state index contributed by atoms with van der Waals surface area (Å²) in [4.78, 5) is 19.2. The van der Waals surface area contributed by atoms with E-state index < -0.39 is 0 Å². The number of carbonyl (C=O) groups excluding carboxylic acids is 1. The van der Waals surface area contributed by atoms with Gasteiger partial charge in [-0.05, 0) is 43.7 Å². The highest BCUT2D eigenvalue weighted by Gasteiger charge is 2.25. The summed E-state index contributed by atoms with van der Waals surface area (Å²) in [6, 6.07) is 17.0. The van der Waals surface area contributed by atoms with E-state index in [0.717, 1.165) is 42.9 Å². The molecular weight excluding hydrogens is 352 g/mol. The van der Waals surface area contributed by atoms with Gasteiger partial charge >= 0.3 is 0 Å². The predicted octanol–water partition coefficient (Wildman–Crippen LogP) is 3.91. The first-order chi connectivity index (χ1) is 13.7. The maximum Gasteiger partial charge on any atom is 0.225 e. The van der Waals surface area contributed by atoms with Gasteiger partial charge in [0, 0.05) is 25.4 Å². The molecule has 0 bridgehead atoms. The van der Waals surface area contributed by atoms with Crippen LogP contribution >= 0.6 is 0 Å². The summed E-state index contributed by atoms with van der Waals surface area (Å²) in [7, 11) is 0. The Morgan fingerprint density at radius 2 is 2.07 bits per heavy atom. The largest absolute Gasteiger partial charge is 0.440 e. The van der Waals surface area contributed by atoms with E-state index in [-0.39, 0.29) is 11.8 Å². The van der Waals surface area contributed by atoms with Crippen molar-refractivity contribution in [3.05, 3.63) is 60.0 Å². The zero-order chi connectivity index (χ0) is 19.3. The molecule has 1 saturated heterocycles. The van der Waals surface area contributed by atoms with E-state index in [9.17, 15) is 4.79 Å². The first-order valence-corrected chi connectivity index (χ1v) is 9.60. The highest BCUT2D eigenvalue weighted by Crippen LogP contribution is 2.29. The van der Waals surface area contributed by atoms with Crippen LogP contribution in [0.5, 0.6) is 0 Å². The summed E-state index contributed by atoms with van der Waals surface area (Å²) in [5.74, 6) is 0.966. The van der Waals surface area contributed by atoms with Crippen molar-refractivity contribution in [3.63, 3.8) is 0 Å². The number of carbonyl (C=O) groups is 1. The molecule has 1 fully saturated rings. The average molecular weight is 374 g/mol. The lowest BCUT2D eigenvalue weighted by Gasteiger charge is -2.30. The van der Waals surface area contributed by atoms with Gasteiger partial charge in [-0.15, -0.1) is 0 Å². The van der Waals surface area contributed by atoms with Crippen molar-refractivity contribution < 1.29 is 9.21 Å². The fourth-order valence-electron chi connectivity index (χ4n) is 3.69. The van der Waals surface area contributed by atoms with E-state index >= 15 is 0 Å². The van der Waals surface area contributed by atoms with Crippen LogP contribution in [0, 0.1) is 11.3 Å². The minimum absolute atomic E-state index is 0.0771. The van der Waals surface area contributed by atoms with E-state index in [1.165, 1.54) is 0 Å². The van der Waals surface area contributed by atoms with E-state index in [4.69, 9.17) is 9.68 Å². The number of oxazole rings is 1. The van der Waals surface area contributed by atoms with Gasteiger partial charge < -0.3 is 14.6 Å². The Morgan fingerprint density at radius 3 is 2.93 bits per heavy atom. The normalized spacial score (nSPS) is 17.3. The van der Waals surface area contributed by atoms with Crippen LogP contribution in [0.1, 0.15) is 36.6 Å². The van der Waals surface area contributed by atoms with Gasteiger partial charge in [0.05, 0.1) is 11.3 Å². The third-order valence-electron chi connectivity index (χ3n) is 5.14. The van der Waals surface area contributed by atoms with Crippen LogP contribution in [0.25, 0.3) is 11.1 Å². The number of hydrogen-bond acceptors (Lipinski definition) is 5. The molecule has 2 heterocycles. The standard InChI is InChI=1S/C22H22N4O2/c23-14-16-6-1-2-8-18(16)24-21(27)11-13-26-12-5-7-17(15-26)22-25-19-9-3-4-10-20(19)28-22/h1-4,6,8-10,17H,5,7,11-13,15H2,(H,24,27). The lowest BCUT2D eigenvalue weighted by molar-refractivity contribution is -0.116. The molecule has 6 nitrogen and oxygen atoms in total. The molecule has 3 aromatic rings. The molecule has 28 heavy (non-hydrogen) atoms. The van der Waals surface area contributed by atoms with Crippen molar-refractivity contribution in [2.24, 2.45) is 0 Å². The molecule has 0 aliphatic carbocycles. The summed E-state index contributed by atoms with van der Waals surface area (Å²) in [6.07, 6.45) is 2.49. The van der Waals surface area contributed by atoms with Crippen LogP contribution in [-0.2, 0) is 4.79 Å². The molecular formula is C22H22N4O2. The molecule has 1 aliphatic rings. The molecule has 4 rings (SSSR count). The van der Waals surface area contributed by atoms with Crippen LogP contribution in [0.2, 0.25) is 0 Å². The molecule has 1 aliphatic heterocycles. The van der Waals surface area contributed by atoms with Gasteiger partial charge in [0.1, 0.15) is 11.6 Å². The first-order valence-electron chi connectivity index (χ1n) is 9.60. The molecule has 0 saturated carbocycles. The van der Waals surface area contributed by atoms with Crippen molar-refractivity contribution in [2.75, 3.05) is 25.0 Å². The van der Waals surface area contributed by atoms with E-state index in [2.05, 4.69) is 21.3 Å². The van der Waals surface area contributed by atoms with Crippen LogP contribution < -0.4 is 5.32 Å². The summed E-state index contributed by atoms with van der Waals surface area (Å²) in [5, 5.41) is 12.0. The number of rotatable bonds is 5. The second-order valence-corrected chi connectivity index (χ2v) is 7.12. The average Bonchev–Trinajstić information content (AvgIpc) is 3.17. The Labute approximate surface area is 163 Å². The topological polar surface area (TPSA) is 82.2 Å². The summed E-state index contributed by atoms with van der Waals surface area (Å²) >= 11 is 0. The minimum atomic E-state index is -0.0771. The molecule has 0 radical (unpaired) electrons. The molecule has 1 atom stereocenters. The number of amides is 1. The molecule has 2 aromatic carbocycles. The van der Waals surface area contributed by atoms with Gasteiger partial charge in [0.2, 0.25) is 5.91 Å². The Bertz CT molecular complexity index is 988. The number of aromatic nitrogens is 1. The molecule has 6 heteroatoms. The number of fused-ring (bicyclic) bond motifs is 1. The number of para-hydroxylation sites is 3. The van der Waals surface area contributed by atoms with E-state index in [0.29, 0.717) is 24.2 Å². The van der Waals surface area contributed by atoms with Crippen molar-refractivity contribution in [2.45, 2.75) is 25.2 Å². The van der Waals surface area contributed by atoms with Crippen LogP contribution in [0.15, 0.2) is 52.9 Å². The van der Waals surface area contributed by atoms with Crippen molar-refractivity contribution in [3.8, 4) is 6.07 Å². The lowest BCUT2D eigenvalue weighted by atomic mass is 9.98. The SMILES string of the molecule is N#Cc1ccccc1NC(=O)CCN1CCCC(c2nc3ccccc3o2)C1. The molecule has 1 amide bonds. The van der Waals surface area contributed by atoms with Crippen molar-refractivity contribution >= 4 is 22.7 Å². The molecule has 1 unspecified atom stereocenters. The van der Waals surface area contributed by atoms with Gasteiger partial charge in [-0.2, -0.15) is 5.26 Å². The number of hydrogen-bond donors (Lipinski definition) is 1. The van der Waals surface area contributed by atoms with Gasteiger partial charge in [-0.1, -0.05) is 24.3 Å². The third-order valence-corrected chi connectivity index (χ3v) is 5.14. The third kappa shape index (κ3) is 4.05. The zero-order valence-electron chi connectivity index (χ0n) is 15.6. The number of nitriles is 1. The van der Waals surface area contributed by atoms with E-state index in [1.807, 2.05) is 30.3 Å². The molecule has 1 aromatic heterocycles. The number of piperidine rings is 1. The van der Waals surface area contributed by atoms with Gasteiger partial charge in [0.25, 0.3) is 0 Å². The number of anilines is 1. The number of nitrogens with zero attached hydrogens (tertiary/aromatic N) is 3. The van der Waals surface area contributed by atoms with Crippen LogP contribution in [0.4, 0.5) is 5.69 Å². The van der Waals surface area contributed by atoms with Gasteiger partial charge in [0.15, 0.2) is 11.5 Å². The number of nitrogens with one attached hydrogen (secondary N) is 1. The predicted molar refractivity (Wildman–Crippen MR) is 107 cm³/mol. The van der Waals surface area contributed by atoms with E-state index in [1.54, 1.807) is 18.2 Å². The van der Waals surface area contributed by atoms with Crippen molar-refractivity contribution in [1.82, 2.24) is 9.88 Å².